The average Bonchev–Trinajstić information content (AvgIpc) is 2.44. The molecule has 128 valence electrons. The van der Waals surface area contributed by atoms with E-state index in [2.05, 4.69) is 10.0 Å². The Balaban J connectivity index is 0.00000441. The maximum atomic E-state index is 12.2. The van der Waals surface area contributed by atoms with E-state index in [-0.39, 0.29) is 28.9 Å². The lowest BCUT2D eigenvalue weighted by Crippen LogP contribution is -2.33. The Morgan fingerprint density at radius 1 is 1.18 bits per heavy atom. The van der Waals surface area contributed by atoms with Gasteiger partial charge in [0.15, 0.2) is 0 Å². The number of aryl methyl sites for hydroxylation is 1. The molecule has 22 heavy (non-hydrogen) atoms. The molecule has 0 bridgehead atoms. The van der Waals surface area contributed by atoms with Gasteiger partial charge in [-0.2, -0.15) is 0 Å². The first-order chi connectivity index (χ1) is 9.92. The second-order valence-electron chi connectivity index (χ2n) is 4.39. The molecule has 0 spiro atoms. The molecule has 0 heterocycles. The Bertz CT molecular complexity index is 567. The Morgan fingerprint density at radius 2 is 1.86 bits per heavy atom. The zero-order valence-corrected chi connectivity index (χ0v) is 15.2. The van der Waals surface area contributed by atoms with Crippen molar-refractivity contribution >= 4 is 34.0 Å². The Labute approximate surface area is 143 Å². The van der Waals surface area contributed by atoms with Crippen LogP contribution in [0.25, 0.3) is 0 Å². The summed E-state index contributed by atoms with van der Waals surface area (Å²) in [5.74, 6) is 0.453. The fourth-order valence-electron chi connectivity index (χ4n) is 1.73. The first-order valence-electron chi connectivity index (χ1n) is 6.46. The fourth-order valence-corrected chi connectivity index (χ4v) is 3.32. The summed E-state index contributed by atoms with van der Waals surface area (Å²) < 4.78 is 36.9. The number of hydrogen-bond acceptors (Lipinski definition) is 5. The Hall–Kier alpha value is -0.570. The Kier molecular flexibility index (Phi) is 9.99. The summed E-state index contributed by atoms with van der Waals surface area (Å²) >= 11 is 5.98. The van der Waals surface area contributed by atoms with Crippen molar-refractivity contribution in [1.82, 2.24) is 10.0 Å². The van der Waals surface area contributed by atoms with Gasteiger partial charge >= 0.3 is 0 Å². The lowest BCUT2D eigenvalue weighted by molar-refractivity contribution is 0.199. The number of nitrogens with one attached hydrogen (secondary N) is 2. The molecule has 1 rings (SSSR count). The van der Waals surface area contributed by atoms with Crippen molar-refractivity contribution in [1.29, 1.82) is 0 Å². The van der Waals surface area contributed by atoms with Gasteiger partial charge in [-0.05, 0) is 24.6 Å². The third-order valence-electron chi connectivity index (χ3n) is 2.82. The van der Waals surface area contributed by atoms with Crippen molar-refractivity contribution in [2.24, 2.45) is 0 Å². The van der Waals surface area contributed by atoms with E-state index in [1.807, 2.05) is 0 Å². The summed E-state index contributed by atoms with van der Waals surface area (Å²) in [4.78, 5) is 0.158. The molecule has 1 aromatic carbocycles. The summed E-state index contributed by atoms with van der Waals surface area (Å²) in [5.41, 5.74) is 0.580. The molecular formula is C13H22Cl2N2O4S. The van der Waals surface area contributed by atoms with Crippen LogP contribution in [0.15, 0.2) is 17.0 Å². The molecule has 0 fully saturated rings. The molecule has 1 aromatic rings. The van der Waals surface area contributed by atoms with Gasteiger partial charge in [-0.1, -0.05) is 11.6 Å². The number of sulfonamides is 1. The van der Waals surface area contributed by atoms with Gasteiger partial charge in [0.25, 0.3) is 0 Å². The summed E-state index contributed by atoms with van der Waals surface area (Å²) in [5, 5.41) is 3.32. The summed E-state index contributed by atoms with van der Waals surface area (Å²) in [6.45, 7) is 3.76. The van der Waals surface area contributed by atoms with Gasteiger partial charge in [0, 0.05) is 26.7 Å². The van der Waals surface area contributed by atoms with Crippen LogP contribution < -0.4 is 14.8 Å². The number of benzene rings is 1. The third kappa shape index (κ3) is 6.28. The van der Waals surface area contributed by atoms with Gasteiger partial charge in [-0.15, -0.1) is 12.4 Å². The molecule has 9 heteroatoms. The normalized spacial score (nSPS) is 11.1. The van der Waals surface area contributed by atoms with Gasteiger partial charge in [-0.25, -0.2) is 13.1 Å². The predicted molar refractivity (Wildman–Crippen MR) is 89.9 cm³/mol. The number of halogens is 2. The van der Waals surface area contributed by atoms with Crippen LogP contribution in [0, 0.1) is 6.92 Å². The number of ether oxygens (including phenoxy) is 2. The molecule has 0 saturated carbocycles. The summed E-state index contributed by atoms with van der Waals surface area (Å²) in [6.07, 6.45) is 0. The highest BCUT2D eigenvalue weighted by Crippen LogP contribution is 2.29. The SMILES string of the molecule is COCCNCCNS(=O)(=O)c1cc(Cl)c(OC)cc1C.Cl. The van der Waals surface area contributed by atoms with Crippen molar-refractivity contribution in [2.45, 2.75) is 11.8 Å². The average molecular weight is 373 g/mol. The topological polar surface area (TPSA) is 76.7 Å². The van der Waals surface area contributed by atoms with Crippen LogP contribution >= 0.6 is 24.0 Å². The van der Waals surface area contributed by atoms with Crippen molar-refractivity contribution in [3.8, 4) is 5.75 Å². The molecule has 0 aromatic heterocycles. The largest absolute Gasteiger partial charge is 0.495 e. The van der Waals surface area contributed by atoms with Crippen LogP contribution in [-0.4, -0.2) is 48.9 Å². The lowest BCUT2D eigenvalue weighted by Gasteiger charge is -2.12. The van der Waals surface area contributed by atoms with E-state index in [4.69, 9.17) is 21.1 Å². The van der Waals surface area contributed by atoms with Gasteiger partial charge < -0.3 is 14.8 Å². The number of methoxy groups -OCH3 is 2. The monoisotopic (exact) mass is 372 g/mol. The van der Waals surface area contributed by atoms with Crippen molar-refractivity contribution < 1.29 is 17.9 Å². The number of rotatable bonds is 9. The minimum Gasteiger partial charge on any atom is -0.495 e. The molecule has 0 saturated heterocycles. The number of hydrogen-bond donors (Lipinski definition) is 2. The second kappa shape index (κ2) is 10.3. The van der Waals surface area contributed by atoms with Crippen LogP contribution in [0.5, 0.6) is 5.75 Å². The first kappa shape index (κ1) is 21.4. The van der Waals surface area contributed by atoms with E-state index < -0.39 is 10.0 Å². The quantitative estimate of drug-likeness (QED) is 0.643. The Morgan fingerprint density at radius 3 is 2.45 bits per heavy atom. The minimum atomic E-state index is -3.59. The summed E-state index contributed by atoms with van der Waals surface area (Å²) in [6, 6.07) is 3.00. The van der Waals surface area contributed by atoms with E-state index in [0.717, 1.165) is 0 Å². The molecule has 6 nitrogen and oxygen atoms in total. The molecule has 0 aliphatic carbocycles. The highest BCUT2D eigenvalue weighted by atomic mass is 35.5. The first-order valence-corrected chi connectivity index (χ1v) is 8.32. The van der Waals surface area contributed by atoms with E-state index in [1.165, 1.54) is 13.2 Å². The van der Waals surface area contributed by atoms with Gasteiger partial charge in [-0.3, -0.25) is 0 Å². The van der Waals surface area contributed by atoms with Gasteiger partial charge in [0.05, 0.1) is 23.6 Å². The van der Waals surface area contributed by atoms with Gasteiger partial charge in [0.1, 0.15) is 5.75 Å². The van der Waals surface area contributed by atoms with Gasteiger partial charge in [0.2, 0.25) is 10.0 Å². The van der Waals surface area contributed by atoms with Crippen molar-refractivity contribution in [3.05, 3.63) is 22.7 Å². The highest BCUT2D eigenvalue weighted by molar-refractivity contribution is 7.89. The maximum Gasteiger partial charge on any atom is 0.240 e. The molecule has 0 unspecified atom stereocenters. The zero-order chi connectivity index (χ0) is 15.9. The molecular weight excluding hydrogens is 351 g/mol. The highest BCUT2D eigenvalue weighted by Gasteiger charge is 2.18. The van der Waals surface area contributed by atoms with Crippen LogP contribution in [-0.2, 0) is 14.8 Å². The van der Waals surface area contributed by atoms with E-state index in [1.54, 1.807) is 20.1 Å². The predicted octanol–water partition coefficient (Wildman–Crippen LogP) is 1.59. The smallest absolute Gasteiger partial charge is 0.240 e. The molecule has 0 amide bonds. The van der Waals surface area contributed by atoms with E-state index >= 15 is 0 Å². The molecule has 0 aliphatic heterocycles. The van der Waals surface area contributed by atoms with E-state index in [9.17, 15) is 8.42 Å². The van der Waals surface area contributed by atoms with Crippen LogP contribution in [0.4, 0.5) is 0 Å². The molecule has 0 atom stereocenters. The second-order valence-corrected chi connectivity index (χ2v) is 6.54. The van der Waals surface area contributed by atoms with E-state index in [0.29, 0.717) is 31.0 Å². The van der Waals surface area contributed by atoms with Crippen molar-refractivity contribution in [3.63, 3.8) is 0 Å². The fraction of sp³-hybridized carbons (Fsp3) is 0.538. The third-order valence-corrected chi connectivity index (χ3v) is 4.71. The van der Waals surface area contributed by atoms with Crippen LogP contribution in [0.2, 0.25) is 5.02 Å². The minimum absolute atomic E-state index is 0. The van der Waals surface area contributed by atoms with Crippen LogP contribution in [0.3, 0.4) is 0 Å². The molecule has 2 N–H and O–H groups in total. The summed E-state index contributed by atoms with van der Waals surface area (Å²) in [7, 11) is -0.496. The lowest BCUT2D eigenvalue weighted by atomic mass is 10.2. The van der Waals surface area contributed by atoms with Crippen LogP contribution in [0.1, 0.15) is 5.56 Å². The maximum absolute atomic E-state index is 12.2. The molecule has 0 radical (unpaired) electrons. The standard InChI is InChI=1S/C13H21ClN2O4S.ClH/c1-10-8-12(20-3)11(14)9-13(10)21(17,18)16-5-4-15-6-7-19-2;/h8-9,15-16H,4-7H2,1-3H3;1H. The zero-order valence-electron chi connectivity index (χ0n) is 12.8. The van der Waals surface area contributed by atoms with Crippen molar-refractivity contribution in [2.75, 3.05) is 40.5 Å². The molecule has 0 aliphatic rings.